The fourth-order valence-electron chi connectivity index (χ4n) is 5.16. The number of halogens is 4. The Kier molecular flexibility index (Phi) is 7.56. The molecule has 36 heavy (non-hydrogen) atoms. The van der Waals surface area contributed by atoms with Gasteiger partial charge in [0.2, 0.25) is 0 Å². The summed E-state index contributed by atoms with van der Waals surface area (Å²) >= 11 is 13.4. The van der Waals surface area contributed by atoms with E-state index in [1.54, 1.807) is 12.1 Å². The Morgan fingerprint density at radius 3 is 2.61 bits per heavy atom. The molecule has 1 N–H and O–H groups in total. The lowest BCUT2D eigenvalue weighted by molar-refractivity contribution is -0.158. The zero-order valence-electron chi connectivity index (χ0n) is 20.7. The van der Waals surface area contributed by atoms with Crippen molar-refractivity contribution in [1.82, 2.24) is 9.47 Å². The summed E-state index contributed by atoms with van der Waals surface area (Å²) in [5, 5.41) is 11.5. The monoisotopic (exact) mass is 538 g/mol. The summed E-state index contributed by atoms with van der Waals surface area (Å²) in [5.74, 6) is -0.885. The van der Waals surface area contributed by atoms with Crippen LogP contribution >= 0.6 is 23.2 Å². The number of carbonyl (C=O) groups is 1. The highest BCUT2D eigenvalue weighted by Crippen LogP contribution is 2.35. The molecule has 1 unspecified atom stereocenters. The zero-order chi connectivity index (χ0) is 26.4. The Balaban J connectivity index is 1.60. The molecule has 2 heterocycles. The van der Waals surface area contributed by atoms with Crippen LogP contribution in [-0.4, -0.2) is 39.7 Å². The van der Waals surface area contributed by atoms with Crippen molar-refractivity contribution in [3.05, 3.63) is 62.8 Å². The molecule has 0 amide bonds. The molecule has 2 aromatic carbocycles. The van der Waals surface area contributed by atoms with Gasteiger partial charge in [0.1, 0.15) is 5.75 Å². The first-order valence-corrected chi connectivity index (χ1v) is 12.7. The SMILES string of the molecule is Cc1cc(OC(C)(F)F)cc2c1cc(Cc1c(Cl)ccc(CN3CC[C@@H](C(=O)O)C(C)C3)c1Cl)n2C. The van der Waals surface area contributed by atoms with Gasteiger partial charge in [-0.1, -0.05) is 36.2 Å². The van der Waals surface area contributed by atoms with E-state index in [0.29, 0.717) is 42.5 Å². The first-order chi connectivity index (χ1) is 16.8. The number of hydrogen-bond donors (Lipinski definition) is 1. The van der Waals surface area contributed by atoms with Crippen molar-refractivity contribution < 1.29 is 23.4 Å². The van der Waals surface area contributed by atoms with Gasteiger partial charge < -0.3 is 14.4 Å². The molecule has 1 saturated heterocycles. The molecule has 1 aliphatic rings. The molecule has 1 aromatic heterocycles. The van der Waals surface area contributed by atoms with Gasteiger partial charge in [-0.25, -0.2) is 0 Å². The van der Waals surface area contributed by atoms with Crippen LogP contribution in [0.1, 0.15) is 42.7 Å². The molecule has 0 aliphatic carbocycles. The molecule has 194 valence electrons. The summed E-state index contributed by atoms with van der Waals surface area (Å²) in [4.78, 5) is 13.7. The van der Waals surface area contributed by atoms with Crippen LogP contribution in [0, 0.1) is 18.8 Å². The highest BCUT2D eigenvalue weighted by Gasteiger charge is 2.31. The molecular weight excluding hydrogens is 509 g/mol. The van der Waals surface area contributed by atoms with Crippen molar-refractivity contribution in [2.45, 2.75) is 46.3 Å². The second-order valence-corrected chi connectivity index (χ2v) is 10.7. The Bertz CT molecular complexity index is 1300. The third kappa shape index (κ3) is 5.63. The van der Waals surface area contributed by atoms with Gasteiger partial charge in [0.25, 0.3) is 0 Å². The molecule has 0 saturated carbocycles. The van der Waals surface area contributed by atoms with E-state index in [-0.39, 0.29) is 17.6 Å². The lowest BCUT2D eigenvalue weighted by Crippen LogP contribution is -2.41. The Morgan fingerprint density at radius 2 is 1.97 bits per heavy atom. The third-order valence-corrected chi connectivity index (χ3v) is 7.89. The number of alkyl halides is 2. The van der Waals surface area contributed by atoms with Crippen molar-refractivity contribution >= 4 is 40.1 Å². The van der Waals surface area contributed by atoms with Crippen LogP contribution in [0.3, 0.4) is 0 Å². The zero-order valence-corrected chi connectivity index (χ0v) is 22.3. The number of fused-ring (bicyclic) bond motifs is 1. The van der Waals surface area contributed by atoms with E-state index in [2.05, 4.69) is 4.90 Å². The van der Waals surface area contributed by atoms with E-state index in [0.717, 1.165) is 40.2 Å². The van der Waals surface area contributed by atoms with E-state index >= 15 is 0 Å². The van der Waals surface area contributed by atoms with E-state index in [9.17, 15) is 18.7 Å². The predicted octanol–water partition coefficient (Wildman–Crippen LogP) is 6.92. The minimum atomic E-state index is -3.27. The van der Waals surface area contributed by atoms with E-state index in [1.807, 2.05) is 43.7 Å². The van der Waals surface area contributed by atoms with E-state index < -0.39 is 12.1 Å². The van der Waals surface area contributed by atoms with Crippen LogP contribution in [0.25, 0.3) is 10.9 Å². The summed E-state index contributed by atoms with van der Waals surface area (Å²) in [7, 11) is 1.88. The number of likely N-dealkylation sites (tertiary alicyclic amines) is 1. The lowest BCUT2D eigenvalue weighted by atomic mass is 9.87. The Hall–Kier alpha value is -2.35. The molecule has 2 atom stereocenters. The summed E-state index contributed by atoms with van der Waals surface area (Å²) in [5.41, 5.74) is 4.28. The van der Waals surface area contributed by atoms with Gasteiger partial charge >= 0.3 is 12.1 Å². The standard InChI is InChI=1S/C27H30Cl2F2N2O3/c1-15-9-19(36-27(3,30)31)12-24-21(15)10-18(32(24)4)11-22-23(28)6-5-17(25(22)29)14-33-8-7-20(26(34)35)16(2)13-33/h5-6,9-10,12,16,20H,7-8,11,13-14H2,1-4H3,(H,34,35)/t16?,20-/m1/s1. The largest absolute Gasteiger partial charge is 0.481 e. The lowest BCUT2D eigenvalue weighted by Gasteiger charge is -2.35. The minimum Gasteiger partial charge on any atom is -0.481 e. The summed E-state index contributed by atoms with van der Waals surface area (Å²) in [6.07, 6.45) is -2.19. The topological polar surface area (TPSA) is 54.7 Å². The average molecular weight is 539 g/mol. The summed E-state index contributed by atoms with van der Waals surface area (Å²) in [6.45, 7) is 6.55. The number of carboxylic acid groups (broad SMARTS) is 1. The molecule has 3 aromatic rings. The van der Waals surface area contributed by atoms with Gasteiger partial charge in [-0.2, -0.15) is 8.78 Å². The van der Waals surface area contributed by atoms with Crippen molar-refractivity contribution in [3.8, 4) is 5.75 Å². The average Bonchev–Trinajstić information content (AvgIpc) is 3.08. The van der Waals surface area contributed by atoms with Crippen LogP contribution in [0.15, 0.2) is 30.3 Å². The molecule has 0 bridgehead atoms. The number of rotatable bonds is 7. The van der Waals surface area contributed by atoms with Gasteiger partial charge in [-0.3, -0.25) is 9.69 Å². The van der Waals surface area contributed by atoms with Crippen LogP contribution in [0.5, 0.6) is 5.75 Å². The summed E-state index contributed by atoms with van der Waals surface area (Å²) in [6, 6.07) is 9.01. The number of aromatic nitrogens is 1. The number of aliphatic carboxylic acids is 1. The van der Waals surface area contributed by atoms with Crippen LogP contribution in [0.2, 0.25) is 10.0 Å². The minimum absolute atomic E-state index is 0.0577. The number of aryl methyl sites for hydroxylation is 2. The molecule has 5 nitrogen and oxygen atoms in total. The molecule has 1 aliphatic heterocycles. The van der Waals surface area contributed by atoms with Gasteiger partial charge in [-0.05, 0) is 60.7 Å². The van der Waals surface area contributed by atoms with E-state index in [1.165, 1.54) is 0 Å². The van der Waals surface area contributed by atoms with Crippen molar-refractivity contribution in [3.63, 3.8) is 0 Å². The quantitative estimate of drug-likeness (QED) is 0.354. The van der Waals surface area contributed by atoms with Gasteiger partial charge in [0, 0.05) is 55.7 Å². The fraction of sp³-hybridized carbons (Fsp3) is 0.444. The van der Waals surface area contributed by atoms with Gasteiger partial charge in [-0.15, -0.1) is 0 Å². The van der Waals surface area contributed by atoms with Crippen molar-refractivity contribution in [2.24, 2.45) is 18.9 Å². The maximum absolute atomic E-state index is 13.4. The fourth-order valence-corrected chi connectivity index (χ4v) is 5.73. The highest BCUT2D eigenvalue weighted by molar-refractivity contribution is 6.36. The molecule has 1 fully saturated rings. The van der Waals surface area contributed by atoms with Crippen molar-refractivity contribution in [2.75, 3.05) is 13.1 Å². The smallest absolute Gasteiger partial charge is 0.394 e. The second kappa shape index (κ2) is 10.2. The van der Waals surface area contributed by atoms with Crippen LogP contribution < -0.4 is 4.74 Å². The predicted molar refractivity (Wildman–Crippen MR) is 138 cm³/mol. The summed E-state index contributed by atoms with van der Waals surface area (Å²) < 4.78 is 33.6. The van der Waals surface area contributed by atoms with Crippen molar-refractivity contribution in [1.29, 1.82) is 0 Å². The van der Waals surface area contributed by atoms with Gasteiger partial charge in [0.15, 0.2) is 0 Å². The first-order valence-electron chi connectivity index (χ1n) is 11.9. The normalized spacial score (nSPS) is 19.1. The number of nitrogens with zero attached hydrogens (tertiary/aromatic N) is 2. The molecule has 4 rings (SSSR count). The van der Waals surface area contributed by atoms with Crippen LogP contribution in [0.4, 0.5) is 8.78 Å². The molecule has 9 heteroatoms. The maximum atomic E-state index is 13.4. The number of benzene rings is 2. The Labute approximate surface area is 219 Å². The highest BCUT2D eigenvalue weighted by atomic mass is 35.5. The first kappa shape index (κ1) is 26.7. The molecule has 0 spiro atoms. The van der Waals surface area contributed by atoms with Crippen LogP contribution in [-0.2, 0) is 24.8 Å². The van der Waals surface area contributed by atoms with E-state index in [4.69, 9.17) is 27.9 Å². The molecular formula is C27H30Cl2F2N2O3. The number of piperidine rings is 1. The third-order valence-electron chi connectivity index (χ3n) is 7.06. The number of hydrogen-bond acceptors (Lipinski definition) is 3. The number of ether oxygens (including phenoxy) is 1. The van der Waals surface area contributed by atoms with Gasteiger partial charge in [0.05, 0.1) is 16.5 Å². The maximum Gasteiger partial charge on any atom is 0.394 e. The molecule has 0 radical (unpaired) electrons. The number of carboxylic acids is 1. The second-order valence-electron chi connectivity index (χ2n) is 9.90. The Morgan fingerprint density at radius 1 is 1.25 bits per heavy atom.